The standard InChI is InChI=1S/C26H30F2N4O4S/c1-16(2)12-17(3)31-8-10-32(11-9-31)25-15-21(26(33)34)20-14-19(5-7-23(20)29-25)30-37(35,36)24-13-18(27)4-6-22(24)28/h4-7,13-17,30H,8-12H2,1-3H3,(H,33,34)/t17-/m0/s1. The first-order valence-electron chi connectivity index (χ1n) is 12.1. The first-order chi connectivity index (χ1) is 17.4. The smallest absolute Gasteiger partial charge is 0.336 e. The highest BCUT2D eigenvalue weighted by Gasteiger charge is 2.25. The van der Waals surface area contributed by atoms with E-state index in [1.165, 1.54) is 24.3 Å². The van der Waals surface area contributed by atoms with Crippen molar-refractivity contribution in [3.63, 3.8) is 0 Å². The van der Waals surface area contributed by atoms with E-state index in [1.54, 1.807) is 0 Å². The molecule has 0 amide bonds. The van der Waals surface area contributed by atoms with Crippen LogP contribution in [0, 0.1) is 17.6 Å². The Labute approximate surface area is 215 Å². The van der Waals surface area contributed by atoms with Crippen LogP contribution in [0.3, 0.4) is 0 Å². The molecule has 1 aromatic heterocycles. The minimum absolute atomic E-state index is 0.000894. The molecule has 1 aliphatic heterocycles. The molecule has 37 heavy (non-hydrogen) atoms. The third-order valence-electron chi connectivity index (χ3n) is 6.53. The molecular weight excluding hydrogens is 502 g/mol. The summed E-state index contributed by atoms with van der Waals surface area (Å²) in [4.78, 5) is 20.4. The number of halogens is 2. The number of aromatic nitrogens is 1. The number of carboxylic acid groups (broad SMARTS) is 1. The third kappa shape index (κ3) is 5.99. The molecule has 0 radical (unpaired) electrons. The molecule has 1 atom stereocenters. The van der Waals surface area contributed by atoms with Gasteiger partial charge in [0.1, 0.15) is 22.3 Å². The van der Waals surface area contributed by atoms with Gasteiger partial charge >= 0.3 is 5.97 Å². The summed E-state index contributed by atoms with van der Waals surface area (Å²) in [6.45, 7) is 9.72. The molecule has 0 saturated carbocycles. The van der Waals surface area contributed by atoms with Crippen LogP contribution < -0.4 is 9.62 Å². The summed E-state index contributed by atoms with van der Waals surface area (Å²) in [6.07, 6.45) is 1.11. The number of carboxylic acids is 1. The van der Waals surface area contributed by atoms with E-state index in [2.05, 4.69) is 35.4 Å². The zero-order valence-electron chi connectivity index (χ0n) is 20.9. The number of fused-ring (bicyclic) bond motifs is 1. The van der Waals surface area contributed by atoms with E-state index in [1.807, 2.05) is 4.90 Å². The molecule has 1 saturated heterocycles. The number of benzene rings is 2. The minimum atomic E-state index is -4.46. The van der Waals surface area contributed by atoms with Gasteiger partial charge in [-0.3, -0.25) is 9.62 Å². The zero-order chi connectivity index (χ0) is 26.9. The monoisotopic (exact) mass is 532 g/mol. The molecular formula is C26H30F2N4O4S. The normalized spacial score (nSPS) is 15.8. The van der Waals surface area contributed by atoms with Gasteiger partial charge in [-0.25, -0.2) is 27.0 Å². The highest BCUT2D eigenvalue weighted by Crippen LogP contribution is 2.28. The maximum atomic E-state index is 14.1. The first kappa shape index (κ1) is 26.7. The number of nitrogens with one attached hydrogen (secondary N) is 1. The van der Waals surface area contributed by atoms with Gasteiger partial charge < -0.3 is 10.0 Å². The van der Waals surface area contributed by atoms with Crippen molar-refractivity contribution in [3.05, 3.63) is 59.7 Å². The lowest BCUT2D eigenvalue weighted by Gasteiger charge is -2.39. The number of hydrogen-bond acceptors (Lipinski definition) is 6. The quantitative estimate of drug-likeness (QED) is 0.438. The number of aromatic carboxylic acids is 1. The summed E-state index contributed by atoms with van der Waals surface area (Å²) in [5.74, 6) is -2.05. The van der Waals surface area contributed by atoms with Crippen molar-refractivity contribution >= 4 is 38.4 Å². The summed E-state index contributed by atoms with van der Waals surface area (Å²) in [5.41, 5.74) is 0.347. The Hall–Kier alpha value is -3.31. The lowest BCUT2D eigenvalue weighted by Crippen LogP contribution is -2.50. The molecule has 1 aliphatic rings. The van der Waals surface area contributed by atoms with E-state index < -0.39 is 32.5 Å². The maximum absolute atomic E-state index is 14.1. The molecule has 1 fully saturated rings. The average molecular weight is 533 g/mol. The second-order valence-corrected chi connectivity index (χ2v) is 11.4. The molecule has 4 rings (SSSR count). The highest BCUT2D eigenvalue weighted by molar-refractivity contribution is 7.92. The fourth-order valence-corrected chi connectivity index (χ4v) is 5.87. The second kappa shape index (κ2) is 10.6. The van der Waals surface area contributed by atoms with E-state index in [9.17, 15) is 27.1 Å². The first-order valence-corrected chi connectivity index (χ1v) is 13.6. The van der Waals surface area contributed by atoms with Gasteiger partial charge in [0.05, 0.1) is 11.1 Å². The summed E-state index contributed by atoms with van der Waals surface area (Å²) in [5, 5.41) is 10.1. The molecule has 8 nitrogen and oxygen atoms in total. The number of sulfonamides is 1. The van der Waals surface area contributed by atoms with Crippen LogP contribution in [-0.4, -0.2) is 61.6 Å². The maximum Gasteiger partial charge on any atom is 0.336 e. The van der Waals surface area contributed by atoms with Crippen LogP contribution >= 0.6 is 0 Å². The van der Waals surface area contributed by atoms with Crippen molar-refractivity contribution in [3.8, 4) is 0 Å². The number of piperazine rings is 1. The van der Waals surface area contributed by atoms with Gasteiger partial charge in [-0.2, -0.15) is 0 Å². The third-order valence-corrected chi connectivity index (χ3v) is 7.93. The predicted molar refractivity (Wildman–Crippen MR) is 139 cm³/mol. The van der Waals surface area contributed by atoms with Crippen LogP contribution in [0.1, 0.15) is 37.6 Å². The molecule has 2 aromatic carbocycles. The van der Waals surface area contributed by atoms with Gasteiger partial charge in [-0.1, -0.05) is 13.8 Å². The van der Waals surface area contributed by atoms with E-state index in [0.717, 1.165) is 31.6 Å². The number of pyridine rings is 1. The van der Waals surface area contributed by atoms with Gasteiger partial charge in [-0.05, 0) is 61.7 Å². The molecule has 0 aliphatic carbocycles. The Morgan fingerprint density at radius 1 is 1.05 bits per heavy atom. The van der Waals surface area contributed by atoms with Crippen molar-refractivity contribution in [2.45, 2.75) is 38.1 Å². The van der Waals surface area contributed by atoms with Gasteiger partial charge in [0, 0.05) is 43.3 Å². The Morgan fingerprint density at radius 2 is 1.76 bits per heavy atom. The Morgan fingerprint density at radius 3 is 2.41 bits per heavy atom. The SMILES string of the molecule is CC(C)C[C@H](C)N1CCN(c2cc(C(=O)O)c3cc(NS(=O)(=O)c4cc(F)ccc4F)ccc3n2)CC1. The van der Waals surface area contributed by atoms with Crippen molar-refractivity contribution < 1.29 is 27.1 Å². The zero-order valence-corrected chi connectivity index (χ0v) is 21.7. The number of hydrogen-bond donors (Lipinski definition) is 2. The fourth-order valence-electron chi connectivity index (χ4n) is 4.73. The van der Waals surface area contributed by atoms with E-state index >= 15 is 0 Å². The molecule has 11 heteroatoms. The summed E-state index contributed by atoms with van der Waals surface area (Å²) >= 11 is 0. The summed E-state index contributed by atoms with van der Waals surface area (Å²) < 4.78 is 55.1. The fraction of sp³-hybridized carbons (Fsp3) is 0.385. The average Bonchev–Trinajstić information content (AvgIpc) is 2.84. The number of rotatable bonds is 8. The Balaban J connectivity index is 1.60. The highest BCUT2D eigenvalue weighted by atomic mass is 32.2. The molecule has 0 unspecified atom stereocenters. The van der Waals surface area contributed by atoms with Gasteiger partial charge in [-0.15, -0.1) is 0 Å². The van der Waals surface area contributed by atoms with Crippen LogP contribution in [0.25, 0.3) is 10.9 Å². The van der Waals surface area contributed by atoms with Crippen LogP contribution in [0.2, 0.25) is 0 Å². The molecule has 2 N–H and O–H groups in total. The molecule has 0 spiro atoms. The van der Waals surface area contributed by atoms with Crippen LogP contribution in [0.15, 0.2) is 47.4 Å². The van der Waals surface area contributed by atoms with Gasteiger partial charge in [0.2, 0.25) is 0 Å². The Bertz CT molecular complexity index is 1420. The van der Waals surface area contributed by atoms with Crippen molar-refractivity contribution in [1.82, 2.24) is 9.88 Å². The van der Waals surface area contributed by atoms with E-state index in [0.29, 0.717) is 42.5 Å². The number of anilines is 2. The largest absolute Gasteiger partial charge is 0.478 e. The Kier molecular flexibility index (Phi) is 7.65. The topological polar surface area (TPSA) is 103 Å². The van der Waals surface area contributed by atoms with Gasteiger partial charge in [0.25, 0.3) is 10.0 Å². The van der Waals surface area contributed by atoms with Crippen LogP contribution in [0.4, 0.5) is 20.3 Å². The van der Waals surface area contributed by atoms with Crippen molar-refractivity contribution in [1.29, 1.82) is 0 Å². The van der Waals surface area contributed by atoms with Crippen LogP contribution in [0.5, 0.6) is 0 Å². The van der Waals surface area contributed by atoms with Crippen LogP contribution in [-0.2, 0) is 10.0 Å². The molecule has 0 bridgehead atoms. The number of nitrogens with zero attached hydrogens (tertiary/aromatic N) is 3. The second-order valence-electron chi connectivity index (χ2n) is 9.75. The van der Waals surface area contributed by atoms with Gasteiger partial charge in [0.15, 0.2) is 0 Å². The molecule has 2 heterocycles. The minimum Gasteiger partial charge on any atom is -0.478 e. The van der Waals surface area contributed by atoms with Crippen molar-refractivity contribution in [2.24, 2.45) is 5.92 Å². The lowest BCUT2D eigenvalue weighted by molar-refractivity contribution is 0.0699. The predicted octanol–water partition coefficient (Wildman–Crippen LogP) is 4.57. The van der Waals surface area contributed by atoms with Crippen molar-refractivity contribution in [2.75, 3.05) is 35.8 Å². The summed E-state index contributed by atoms with van der Waals surface area (Å²) in [7, 11) is -4.46. The van der Waals surface area contributed by atoms with E-state index in [-0.39, 0.29) is 16.6 Å². The summed E-state index contributed by atoms with van der Waals surface area (Å²) in [6, 6.07) is 8.32. The molecule has 198 valence electrons. The van der Waals surface area contributed by atoms with E-state index in [4.69, 9.17) is 0 Å². The molecule has 3 aromatic rings. The lowest BCUT2D eigenvalue weighted by atomic mass is 10.0. The number of carbonyl (C=O) groups is 1.